The molecule has 1 aliphatic rings. The maximum absolute atomic E-state index is 12.7. The van der Waals surface area contributed by atoms with E-state index in [4.69, 9.17) is 23.6 Å². The Balaban J connectivity index is 2.56. The maximum atomic E-state index is 12.7. The van der Waals surface area contributed by atoms with Crippen molar-refractivity contribution in [3.8, 4) is 11.5 Å². The Morgan fingerprint density at radius 2 is 2.15 bits per heavy atom. The van der Waals surface area contributed by atoms with E-state index in [1.807, 2.05) is 0 Å². The van der Waals surface area contributed by atoms with E-state index in [1.54, 1.807) is 0 Å². The number of carbonyl (C=O) groups excluding carboxylic acids is 1. The number of hydrogen-bond donors (Lipinski definition) is 3. The second-order valence-electron chi connectivity index (χ2n) is 3.70. The third kappa shape index (κ3) is 3.87. The quantitative estimate of drug-likeness (QED) is 0.581. The van der Waals surface area contributed by atoms with E-state index in [-0.39, 0.29) is 0 Å². The van der Waals surface area contributed by atoms with E-state index < -0.39 is 73.4 Å². The Kier molecular flexibility index (Phi) is 1.73. The van der Waals surface area contributed by atoms with Crippen molar-refractivity contribution in [2.75, 3.05) is 0 Å². The monoisotopic (exact) mass is 292 g/mol. The molecule has 1 aromatic rings. The lowest BCUT2D eigenvalue weighted by Crippen LogP contribution is -2.37. The number of phenolic OH excluding ortho intramolecular Hbond substituents is 2. The van der Waals surface area contributed by atoms with Gasteiger partial charge in [-0.05, 0) is 49.6 Å². The molecule has 0 aromatic heterocycles. The summed E-state index contributed by atoms with van der Waals surface area (Å²) in [6.07, 6.45) is -26.6. The van der Waals surface area contributed by atoms with Crippen LogP contribution in [0.5, 0.6) is 11.5 Å². The van der Waals surface area contributed by atoms with Crippen molar-refractivity contribution in [2.24, 2.45) is 5.73 Å². The predicted molar refractivity (Wildman–Crippen MR) is 74.4 cm³/mol. The summed E-state index contributed by atoms with van der Waals surface area (Å²) in [4.78, 5) is 12.7. The molecule has 0 radical (unpaired) electrons. The highest BCUT2D eigenvalue weighted by atomic mass is 16.5. The first kappa shape index (κ1) is 5.22. The highest BCUT2D eigenvalue weighted by Crippen LogP contribution is 2.25. The zero-order valence-corrected chi connectivity index (χ0v) is 10.1. The maximum Gasteiger partial charge on any atom is 0.323 e. The van der Waals surface area contributed by atoms with Crippen LogP contribution < -0.4 is 5.73 Å². The summed E-state index contributed by atoms with van der Waals surface area (Å²) in [5.41, 5.74) is 5.10. The number of rotatable bonds is 4. The van der Waals surface area contributed by atoms with Crippen molar-refractivity contribution in [2.45, 2.75) is 50.4 Å². The van der Waals surface area contributed by atoms with E-state index in [1.165, 1.54) is 0 Å². The molecule has 2 rings (SSSR count). The summed E-state index contributed by atoms with van der Waals surface area (Å²) in [5, 5.41) is 18.9. The highest BCUT2D eigenvalue weighted by molar-refractivity contribution is 5.76. The molecule has 0 amide bonds. The lowest BCUT2D eigenvalue weighted by atomic mass is 9.97. The smallest absolute Gasteiger partial charge is 0.323 e. The van der Waals surface area contributed by atoms with Crippen molar-refractivity contribution in [3.63, 3.8) is 0 Å². The SMILES string of the molecule is [2H]C([2H])(c1ccc(O)c(O)c1)C(N)C(=O)OC1([2H])C([2H])([2H])C([2H])([2H])C([2H])([2H])C([2H])([2H])C1([2H])[2H]. The number of benzene rings is 1. The average molecular weight is 292 g/mol. The lowest BCUT2D eigenvalue weighted by molar-refractivity contribution is -0.152. The van der Waals surface area contributed by atoms with Gasteiger partial charge in [0.1, 0.15) is 12.1 Å². The lowest BCUT2D eigenvalue weighted by Gasteiger charge is -2.23. The molecule has 1 atom stereocenters. The first-order chi connectivity index (χ1) is 14.4. The molecule has 4 N–H and O–H groups in total. The van der Waals surface area contributed by atoms with Gasteiger partial charge in [-0.25, -0.2) is 0 Å². The van der Waals surface area contributed by atoms with E-state index in [0.29, 0.717) is 6.07 Å². The standard InChI is InChI=1S/C15H21NO4/c16-12(8-10-6-7-13(17)14(18)9-10)15(19)20-11-4-2-1-3-5-11/h6-7,9,11-12,17-18H,1-5,8,16H2/i1D2,2D2,3D2,4D2,5D2,8D2,11D. The van der Waals surface area contributed by atoms with Crippen LogP contribution in [0.4, 0.5) is 0 Å². The zero-order valence-electron chi connectivity index (χ0n) is 23.1. The number of phenols is 2. The van der Waals surface area contributed by atoms with Crippen molar-refractivity contribution < 1.29 is 37.6 Å². The van der Waals surface area contributed by atoms with Crippen LogP contribution in [-0.4, -0.2) is 28.3 Å². The molecule has 5 heteroatoms. The van der Waals surface area contributed by atoms with Crippen LogP contribution in [0.1, 0.15) is 55.2 Å². The topological polar surface area (TPSA) is 92.8 Å². The number of aromatic hydroxyl groups is 2. The normalized spacial score (nSPS) is 42.1. The van der Waals surface area contributed by atoms with Gasteiger partial charge >= 0.3 is 5.97 Å². The van der Waals surface area contributed by atoms with Crippen molar-refractivity contribution >= 4 is 5.97 Å². The van der Waals surface area contributed by atoms with Crippen LogP contribution in [-0.2, 0) is 15.9 Å². The summed E-state index contributed by atoms with van der Waals surface area (Å²) in [6, 6.07) is 0.0921. The van der Waals surface area contributed by atoms with Gasteiger partial charge in [0.25, 0.3) is 0 Å². The summed E-state index contributed by atoms with van der Waals surface area (Å²) in [5.74, 6) is -3.38. The van der Waals surface area contributed by atoms with Gasteiger partial charge in [-0.15, -0.1) is 0 Å². The largest absolute Gasteiger partial charge is 0.504 e. The van der Waals surface area contributed by atoms with E-state index in [9.17, 15) is 15.0 Å². The second-order valence-corrected chi connectivity index (χ2v) is 3.70. The number of nitrogens with two attached hydrogens (primary N) is 1. The van der Waals surface area contributed by atoms with E-state index in [2.05, 4.69) is 4.74 Å². The third-order valence-electron chi connectivity index (χ3n) is 2.23. The first-order valence-electron chi connectivity index (χ1n) is 12.0. The number of esters is 1. The van der Waals surface area contributed by atoms with Crippen molar-refractivity contribution in [1.29, 1.82) is 0 Å². The Morgan fingerprint density at radius 1 is 1.45 bits per heavy atom. The molecule has 0 aliphatic heterocycles. The molecule has 0 spiro atoms. The molecule has 1 aromatic carbocycles. The highest BCUT2D eigenvalue weighted by Gasteiger charge is 2.22. The zero-order chi connectivity index (χ0) is 26.2. The van der Waals surface area contributed by atoms with Gasteiger partial charge in [-0.1, -0.05) is 12.4 Å². The minimum atomic E-state index is -4.06. The summed E-state index contributed by atoms with van der Waals surface area (Å²) in [7, 11) is 0. The van der Waals surface area contributed by atoms with E-state index >= 15 is 0 Å². The number of carbonyl (C=O) groups is 1. The molecule has 1 aliphatic carbocycles. The summed E-state index contributed by atoms with van der Waals surface area (Å²) >= 11 is 0. The van der Waals surface area contributed by atoms with Crippen LogP contribution in [0.3, 0.4) is 0 Å². The summed E-state index contributed by atoms with van der Waals surface area (Å²) < 4.78 is 107. The Bertz CT molecular complexity index is 935. The van der Waals surface area contributed by atoms with Crippen molar-refractivity contribution in [3.05, 3.63) is 23.8 Å². The molecule has 20 heavy (non-hydrogen) atoms. The fraction of sp³-hybridized carbons (Fsp3) is 0.533. The van der Waals surface area contributed by atoms with Crippen LogP contribution in [0, 0.1) is 0 Å². The first-order valence-corrected chi connectivity index (χ1v) is 5.46. The van der Waals surface area contributed by atoms with Gasteiger partial charge < -0.3 is 20.7 Å². The molecule has 110 valence electrons. The molecule has 0 saturated heterocycles. The Labute approximate surface area is 136 Å². The van der Waals surface area contributed by atoms with Crippen molar-refractivity contribution in [1.82, 2.24) is 0 Å². The molecule has 0 heterocycles. The fourth-order valence-electron chi connectivity index (χ4n) is 1.31. The third-order valence-corrected chi connectivity index (χ3v) is 2.23. The van der Waals surface area contributed by atoms with Gasteiger partial charge in [-0.3, -0.25) is 4.79 Å². The predicted octanol–water partition coefficient (Wildman–Crippen LogP) is 1.84. The summed E-state index contributed by atoms with van der Waals surface area (Å²) in [6.45, 7) is 0. The van der Waals surface area contributed by atoms with Gasteiger partial charge in [0.2, 0.25) is 0 Å². The fourth-order valence-corrected chi connectivity index (χ4v) is 1.31. The molecular formula is C15H21NO4. The van der Waals surface area contributed by atoms with E-state index in [0.717, 1.165) is 12.1 Å². The van der Waals surface area contributed by atoms with Gasteiger partial charge in [-0.2, -0.15) is 0 Å². The Hall–Kier alpha value is -1.75. The van der Waals surface area contributed by atoms with Gasteiger partial charge in [0, 0.05) is 16.4 Å². The second kappa shape index (κ2) is 6.61. The Morgan fingerprint density at radius 3 is 2.80 bits per heavy atom. The molecule has 0 bridgehead atoms. The molecule has 1 saturated carbocycles. The van der Waals surface area contributed by atoms with Gasteiger partial charge in [0.15, 0.2) is 11.5 Å². The molecule has 5 nitrogen and oxygen atoms in total. The van der Waals surface area contributed by atoms with Crippen LogP contribution >= 0.6 is 0 Å². The molecular weight excluding hydrogens is 258 g/mol. The van der Waals surface area contributed by atoms with Crippen LogP contribution in [0.15, 0.2) is 18.2 Å². The minimum absolute atomic E-state index is 0.474. The number of hydrogen-bond acceptors (Lipinski definition) is 5. The molecule has 1 fully saturated rings. The minimum Gasteiger partial charge on any atom is -0.504 e. The van der Waals surface area contributed by atoms with Crippen LogP contribution in [0.2, 0.25) is 0 Å². The average Bonchev–Trinajstić information content (AvgIpc) is 2.67. The number of ether oxygens (including phenoxy) is 1. The van der Waals surface area contributed by atoms with Gasteiger partial charge in [0.05, 0.1) is 1.37 Å². The van der Waals surface area contributed by atoms with Crippen LogP contribution in [0.25, 0.3) is 0 Å². The molecule has 1 unspecified atom stereocenters.